The summed E-state index contributed by atoms with van der Waals surface area (Å²) in [6.45, 7) is 0. The highest BCUT2D eigenvalue weighted by molar-refractivity contribution is 5.64. The summed E-state index contributed by atoms with van der Waals surface area (Å²) in [5.41, 5.74) is 2.15. The average Bonchev–Trinajstić information content (AvgIpc) is 2.62. The number of imidazole rings is 1. The number of carbonyl (C=O) groups excluding carboxylic acids is 1. The lowest BCUT2D eigenvalue weighted by atomic mass is 9.85. The van der Waals surface area contributed by atoms with Crippen LogP contribution in [-0.4, -0.2) is 15.7 Å². The molecule has 0 aromatic carbocycles. The van der Waals surface area contributed by atoms with Crippen LogP contribution >= 0.6 is 0 Å². The molecule has 0 spiro atoms. The summed E-state index contributed by atoms with van der Waals surface area (Å²) < 4.78 is 2.14. The maximum atomic E-state index is 10.6. The fraction of sp³-hybridized carbons (Fsp3) is 0.385. The fourth-order valence-corrected chi connectivity index (χ4v) is 2.33. The highest BCUT2D eigenvalue weighted by Gasteiger charge is 2.23. The van der Waals surface area contributed by atoms with Crippen molar-refractivity contribution in [1.82, 2.24) is 9.38 Å². The van der Waals surface area contributed by atoms with E-state index in [0.29, 0.717) is 12.3 Å². The van der Waals surface area contributed by atoms with Crippen molar-refractivity contribution in [3.05, 3.63) is 35.9 Å². The SMILES string of the molecule is O=CCc1cccn2c(C3CCC3)ncc12. The first-order valence-corrected chi connectivity index (χ1v) is 5.78. The monoisotopic (exact) mass is 214 g/mol. The zero-order valence-corrected chi connectivity index (χ0v) is 9.10. The van der Waals surface area contributed by atoms with Gasteiger partial charge in [-0.15, -0.1) is 0 Å². The maximum absolute atomic E-state index is 10.6. The molecule has 1 saturated carbocycles. The second kappa shape index (κ2) is 3.74. The summed E-state index contributed by atoms with van der Waals surface area (Å²) in [6.07, 6.45) is 9.17. The molecule has 1 fully saturated rings. The predicted molar refractivity (Wildman–Crippen MR) is 61.6 cm³/mol. The number of nitrogens with zero attached hydrogens (tertiary/aromatic N) is 2. The first-order valence-electron chi connectivity index (χ1n) is 5.78. The molecule has 2 aromatic heterocycles. The number of carbonyl (C=O) groups is 1. The number of aldehydes is 1. The van der Waals surface area contributed by atoms with E-state index in [-0.39, 0.29) is 0 Å². The van der Waals surface area contributed by atoms with Gasteiger partial charge in [-0.1, -0.05) is 12.5 Å². The van der Waals surface area contributed by atoms with Crippen LogP contribution in [0.25, 0.3) is 5.52 Å². The standard InChI is InChI=1S/C13H14N2O/c16-8-6-10-5-2-7-15-12(10)9-14-13(15)11-3-1-4-11/h2,5,7-9,11H,1,3-4,6H2. The third-order valence-electron chi connectivity index (χ3n) is 3.46. The van der Waals surface area contributed by atoms with Gasteiger partial charge < -0.3 is 9.20 Å². The molecule has 2 aromatic rings. The van der Waals surface area contributed by atoms with Crippen molar-refractivity contribution >= 4 is 11.8 Å². The van der Waals surface area contributed by atoms with E-state index in [0.717, 1.165) is 23.2 Å². The number of hydrogen-bond donors (Lipinski definition) is 0. The van der Waals surface area contributed by atoms with Crippen molar-refractivity contribution < 1.29 is 4.79 Å². The predicted octanol–water partition coefficient (Wildman–Crippen LogP) is 2.34. The van der Waals surface area contributed by atoms with E-state index < -0.39 is 0 Å². The van der Waals surface area contributed by atoms with Crippen LogP contribution in [0.5, 0.6) is 0 Å². The highest BCUT2D eigenvalue weighted by atomic mass is 16.1. The van der Waals surface area contributed by atoms with Crippen molar-refractivity contribution in [2.45, 2.75) is 31.6 Å². The van der Waals surface area contributed by atoms with Gasteiger partial charge >= 0.3 is 0 Å². The minimum atomic E-state index is 0.472. The molecule has 0 unspecified atom stereocenters. The van der Waals surface area contributed by atoms with Crippen molar-refractivity contribution in [1.29, 1.82) is 0 Å². The van der Waals surface area contributed by atoms with Crippen molar-refractivity contribution in [3.8, 4) is 0 Å². The topological polar surface area (TPSA) is 34.4 Å². The lowest BCUT2D eigenvalue weighted by molar-refractivity contribution is -0.107. The number of rotatable bonds is 3. The summed E-state index contributed by atoms with van der Waals surface area (Å²) in [6, 6.07) is 3.99. The Hall–Kier alpha value is -1.64. The molecule has 16 heavy (non-hydrogen) atoms. The number of hydrogen-bond acceptors (Lipinski definition) is 2. The Morgan fingerprint density at radius 2 is 2.38 bits per heavy atom. The van der Waals surface area contributed by atoms with Crippen LogP contribution in [0.3, 0.4) is 0 Å². The van der Waals surface area contributed by atoms with Gasteiger partial charge in [0.1, 0.15) is 12.1 Å². The summed E-state index contributed by atoms with van der Waals surface area (Å²) in [5.74, 6) is 1.78. The quantitative estimate of drug-likeness (QED) is 0.735. The summed E-state index contributed by atoms with van der Waals surface area (Å²) >= 11 is 0. The van der Waals surface area contributed by atoms with E-state index in [9.17, 15) is 4.79 Å². The van der Waals surface area contributed by atoms with Gasteiger partial charge in [0.2, 0.25) is 0 Å². The second-order valence-corrected chi connectivity index (χ2v) is 4.40. The van der Waals surface area contributed by atoms with E-state index in [2.05, 4.69) is 9.38 Å². The number of fused-ring (bicyclic) bond motifs is 1. The van der Waals surface area contributed by atoms with Crippen LogP contribution in [0.2, 0.25) is 0 Å². The molecular weight excluding hydrogens is 200 g/mol. The molecule has 0 amide bonds. The van der Waals surface area contributed by atoms with Gasteiger partial charge in [0.05, 0.1) is 11.7 Å². The van der Waals surface area contributed by atoms with E-state index >= 15 is 0 Å². The zero-order valence-electron chi connectivity index (χ0n) is 9.10. The van der Waals surface area contributed by atoms with Gasteiger partial charge in [0.25, 0.3) is 0 Å². The lowest BCUT2D eigenvalue weighted by Gasteiger charge is -2.24. The van der Waals surface area contributed by atoms with Gasteiger partial charge in [-0.3, -0.25) is 0 Å². The Balaban J connectivity index is 2.12. The van der Waals surface area contributed by atoms with E-state index in [1.54, 1.807) is 0 Å². The first-order chi connectivity index (χ1) is 7.90. The van der Waals surface area contributed by atoms with Crippen LogP contribution in [0, 0.1) is 0 Å². The number of pyridine rings is 1. The lowest BCUT2D eigenvalue weighted by Crippen LogP contribution is -2.12. The molecule has 0 radical (unpaired) electrons. The molecule has 2 heterocycles. The van der Waals surface area contributed by atoms with Crippen LogP contribution in [-0.2, 0) is 11.2 Å². The third-order valence-corrected chi connectivity index (χ3v) is 3.46. The largest absolute Gasteiger partial charge is 0.303 e. The van der Waals surface area contributed by atoms with Crippen molar-refractivity contribution in [2.75, 3.05) is 0 Å². The molecule has 3 rings (SSSR count). The molecule has 3 heteroatoms. The molecule has 0 bridgehead atoms. The molecule has 82 valence electrons. The van der Waals surface area contributed by atoms with Crippen molar-refractivity contribution in [2.24, 2.45) is 0 Å². The zero-order chi connectivity index (χ0) is 11.0. The first kappa shape index (κ1) is 9.58. The minimum absolute atomic E-state index is 0.472. The molecule has 3 nitrogen and oxygen atoms in total. The Kier molecular flexibility index (Phi) is 2.24. The summed E-state index contributed by atoms with van der Waals surface area (Å²) in [4.78, 5) is 15.1. The van der Waals surface area contributed by atoms with E-state index in [1.807, 2.05) is 24.5 Å². The van der Waals surface area contributed by atoms with E-state index in [4.69, 9.17) is 0 Å². The number of aromatic nitrogens is 2. The van der Waals surface area contributed by atoms with Gasteiger partial charge in [-0.25, -0.2) is 4.98 Å². The molecule has 1 aliphatic rings. The molecular formula is C13H14N2O. The van der Waals surface area contributed by atoms with Gasteiger partial charge in [0, 0.05) is 18.5 Å². The fourth-order valence-electron chi connectivity index (χ4n) is 2.33. The van der Waals surface area contributed by atoms with Crippen molar-refractivity contribution in [3.63, 3.8) is 0 Å². The molecule has 1 aliphatic carbocycles. The van der Waals surface area contributed by atoms with Crippen LogP contribution in [0.15, 0.2) is 24.5 Å². The van der Waals surface area contributed by atoms with Gasteiger partial charge in [-0.2, -0.15) is 0 Å². The Morgan fingerprint density at radius 3 is 3.06 bits per heavy atom. The summed E-state index contributed by atoms with van der Waals surface area (Å²) in [5, 5.41) is 0. The smallest absolute Gasteiger partial charge is 0.124 e. The van der Waals surface area contributed by atoms with Crippen LogP contribution in [0.1, 0.15) is 36.6 Å². The normalized spacial score (nSPS) is 16.2. The summed E-state index contributed by atoms with van der Waals surface area (Å²) in [7, 11) is 0. The third kappa shape index (κ3) is 1.35. The Morgan fingerprint density at radius 1 is 1.50 bits per heavy atom. The van der Waals surface area contributed by atoms with Crippen LogP contribution in [0.4, 0.5) is 0 Å². The van der Waals surface area contributed by atoms with Crippen LogP contribution < -0.4 is 0 Å². The molecule has 0 atom stereocenters. The van der Waals surface area contributed by atoms with Gasteiger partial charge in [0.15, 0.2) is 0 Å². The van der Waals surface area contributed by atoms with Gasteiger partial charge in [-0.05, 0) is 24.5 Å². The van der Waals surface area contributed by atoms with E-state index in [1.165, 1.54) is 19.3 Å². The molecule has 0 aliphatic heterocycles. The highest BCUT2D eigenvalue weighted by Crippen LogP contribution is 2.35. The minimum Gasteiger partial charge on any atom is -0.303 e. The maximum Gasteiger partial charge on any atom is 0.124 e. The Bertz CT molecular complexity index is 526. The second-order valence-electron chi connectivity index (χ2n) is 4.40. The Labute approximate surface area is 94.1 Å². The molecule has 0 N–H and O–H groups in total. The molecule has 0 saturated heterocycles. The average molecular weight is 214 g/mol.